The van der Waals surface area contributed by atoms with Crippen molar-refractivity contribution in [3.63, 3.8) is 0 Å². The van der Waals surface area contributed by atoms with E-state index in [0.29, 0.717) is 31.5 Å². The first-order valence-corrected chi connectivity index (χ1v) is 7.17. The number of halogens is 1. The molecule has 1 saturated carbocycles. The van der Waals surface area contributed by atoms with Crippen molar-refractivity contribution in [2.75, 3.05) is 13.1 Å². The van der Waals surface area contributed by atoms with Gasteiger partial charge in [-0.15, -0.1) is 0 Å². The predicted octanol–water partition coefficient (Wildman–Crippen LogP) is 3.40. The van der Waals surface area contributed by atoms with Crippen LogP contribution in [-0.4, -0.2) is 29.9 Å². The fraction of sp³-hybridized carbons (Fsp3) is 0.533. The fourth-order valence-electron chi connectivity index (χ4n) is 3.07. The number of azide groups is 1. The molecular formula is C15H19FN4O. The molecule has 2 rings (SSSR count). The molecule has 0 bridgehead atoms. The Bertz CT molecular complexity index is 573. The van der Waals surface area contributed by atoms with Crippen molar-refractivity contribution in [1.29, 1.82) is 0 Å². The zero-order valence-corrected chi connectivity index (χ0v) is 12.3. The van der Waals surface area contributed by atoms with Gasteiger partial charge in [-0.3, -0.25) is 4.79 Å². The second-order valence-electron chi connectivity index (χ2n) is 5.31. The Balaban J connectivity index is 2.40. The minimum atomic E-state index is -0.893. The largest absolute Gasteiger partial charge is 0.342 e. The summed E-state index contributed by atoms with van der Waals surface area (Å²) in [5.74, 6) is -0.459. The third-order valence-corrected chi connectivity index (χ3v) is 4.23. The van der Waals surface area contributed by atoms with E-state index in [2.05, 4.69) is 10.0 Å². The van der Waals surface area contributed by atoms with Crippen LogP contribution in [0, 0.1) is 5.82 Å². The zero-order chi connectivity index (χ0) is 15.5. The van der Waals surface area contributed by atoms with Crippen LogP contribution in [0.5, 0.6) is 0 Å². The maximum atomic E-state index is 14.2. The third kappa shape index (κ3) is 2.59. The van der Waals surface area contributed by atoms with Crippen molar-refractivity contribution in [2.24, 2.45) is 5.11 Å². The molecule has 0 spiro atoms. The molecule has 0 aliphatic heterocycles. The number of amides is 1. The van der Waals surface area contributed by atoms with Crippen molar-refractivity contribution < 1.29 is 9.18 Å². The highest BCUT2D eigenvalue weighted by Crippen LogP contribution is 2.47. The molecule has 21 heavy (non-hydrogen) atoms. The Morgan fingerprint density at radius 1 is 1.43 bits per heavy atom. The molecule has 112 valence electrons. The standard InChI is InChI=1S/C15H19FN4O/c1-3-20(4-2)14(21)15(9-11(10-15)18-19-17)12-7-5-6-8-13(12)16/h5-8,11H,3-4,9-10H2,1-2H3/t11-,15-. The number of carbonyl (C=O) groups excluding carboxylic acids is 1. The molecule has 1 aliphatic carbocycles. The summed E-state index contributed by atoms with van der Waals surface area (Å²) in [6.07, 6.45) is 0.737. The van der Waals surface area contributed by atoms with Gasteiger partial charge in [-0.1, -0.05) is 23.3 Å². The molecule has 1 aromatic rings. The Hall–Kier alpha value is -2.07. The average Bonchev–Trinajstić information content (AvgIpc) is 2.44. The van der Waals surface area contributed by atoms with Crippen LogP contribution >= 0.6 is 0 Å². The number of carbonyl (C=O) groups is 1. The van der Waals surface area contributed by atoms with Crippen molar-refractivity contribution in [2.45, 2.75) is 38.1 Å². The molecule has 1 aromatic carbocycles. The molecule has 0 saturated heterocycles. The lowest BCUT2D eigenvalue weighted by Crippen LogP contribution is -2.56. The number of likely N-dealkylation sites (N-methyl/N-ethyl adjacent to an activating group) is 1. The van der Waals surface area contributed by atoms with Gasteiger partial charge in [0, 0.05) is 29.6 Å². The molecule has 0 atom stereocenters. The topological polar surface area (TPSA) is 69.1 Å². The van der Waals surface area contributed by atoms with Gasteiger partial charge < -0.3 is 4.90 Å². The Kier molecular flexibility index (Phi) is 4.48. The van der Waals surface area contributed by atoms with Gasteiger partial charge in [-0.2, -0.15) is 0 Å². The minimum Gasteiger partial charge on any atom is -0.342 e. The first-order valence-electron chi connectivity index (χ1n) is 7.17. The molecule has 1 aliphatic rings. The highest BCUT2D eigenvalue weighted by atomic mass is 19.1. The molecule has 6 heteroatoms. The highest BCUT2D eigenvalue weighted by Gasteiger charge is 2.53. The molecule has 0 heterocycles. The molecule has 1 amide bonds. The summed E-state index contributed by atoms with van der Waals surface area (Å²) in [7, 11) is 0. The van der Waals surface area contributed by atoms with Crippen LogP contribution in [0.4, 0.5) is 4.39 Å². The van der Waals surface area contributed by atoms with Crippen molar-refractivity contribution >= 4 is 5.91 Å². The summed E-state index contributed by atoms with van der Waals surface area (Å²) in [4.78, 5) is 17.3. The maximum Gasteiger partial charge on any atom is 0.233 e. The average molecular weight is 290 g/mol. The highest BCUT2D eigenvalue weighted by molar-refractivity contribution is 5.89. The quantitative estimate of drug-likeness (QED) is 0.465. The van der Waals surface area contributed by atoms with Crippen LogP contribution in [0.1, 0.15) is 32.3 Å². The van der Waals surface area contributed by atoms with Gasteiger partial charge in [-0.05, 0) is 38.3 Å². The molecule has 0 unspecified atom stereocenters. The SMILES string of the molecule is CCN(CC)C(=O)[C@]1(c2ccccc2F)C[C@@H](N=[N+]=[N-])C1. The van der Waals surface area contributed by atoms with Gasteiger partial charge in [-0.25, -0.2) is 4.39 Å². The molecular weight excluding hydrogens is 271 g/mol. The number of rotatable bonds is 5. The van der Waals surface area contributed by atoms with E-state index in [4.69, 9.17) is 5.53 Å². The lowest BCUT2D eigenvalue weighted by molar-refractivity contribution is -0.141. The van der Waals surface area contributed by atoms with Crippen LogP contribution in [0.15, 0.2) is 29.4 Å². The predicted molar refractivity (Wildman–Crippen MR) is 78.2 cm³/mol. The van der Waals surface area contributed by atoms with Gasteiger partial charge in [0.1, 0.15) is 5.82 Å². The van der Waals surface area contributed by atoms with Crippen LogP contribution in [-0.2, 0) is 10.2 Å². The second kappa shape index (κ2) is 6.14. The second-order valence-corrected chi connectivity index (χ2v) is 5.31. The van der Waals surface area contributed by atoms with Crippen molar-refractivity contribution in [3.05, 3.63) is 46.1 Å². The van der Waals surface area contributed by atoms with Crippen LogP contribution in [0.3, 0.4) is 0 Å². The van der Waals surface area contributed by atoms with Crippen LogP contribution < -0.4 is 0 Å². The summed E-state index contributed by atoms with van der Waals surface area (Å²) in [5, 5.41) is 3.66. The van der Waals surface area contributed by atoms with Gasteiger partial charge >= 0.3 is 0 Å². The summed E-state index contributed by atoms with van der Waals surface area (Å²) in [5.41, 5.74) is 8.04. The third-order valence-electron chi connectivity index (χ3n) is 4.23. The van der Waals surface area contributed by atoms with Crippen molar-refractivity contribution in [1.82, 2.24) is 4.90 Å². The Morgan fingerprint density at radius 2 is 2.05 bits per heavy atom. The van der Waals surface area contributed by atoms with E-state index in [9.17, 15) is 9.18 Å². The van der Waals surface area contributed by atoms with E-state index < -0.39 is 5.41 Å². The number of hydrogen-bond donors (Lipinski definition) is 0. The number of hydrogen-bond acceptors (Lipinski definition) is 2. The molecule has 5 nitrogen and oxygen atoms in total. The summed E-state index contributed by atoms with van der Waals surface area (Å²) < 4.78 is 14.2. The fourth-order valence-corrected chi connectivity index (χ4v) is 3.07. The van der Waals surface area contributed by atoms with Crippen LogP contribution in [0.25, 0.3) is 10.4 Å². The molecule has 0 N–H and O–H groups in total. The number of nitrogens with zero attached hydrogens (tertiary/aromatic N) is 4. The first kappa shape index (κ1) is 15.3. The normalized spacial score (nSPS) is 23.9. The Morgan fingerprint density at radius 3 is 2.57 bits per heavy atom. The lowest BCUT2D eigenvalue weighted by Gasteiger charge is -2.47. The zero-order valence-electron chi connectivity index (χ0n) is 12.3. The smallest absolute Gasteiger partial charge is 0.233 e. The van der Waals surface area contributed by atoms with E-state index in [0.717, 1.165) is 0 Å². The van der Waals surface area contributed by atoms with Crippen LogP contribution in [0.2, 0.25) is 0 Å². The lowest BCUT2D eigenvalue weighted by atomic mass is 9.60. The monoisotopic (exact) mass is 290 g/mol. The maximum absolute atomic E-state index is 14.2. The summed E-state index contributed by atoms with van der Waals surface area (Å²) >= 11 is 0. The summed E-state index contributed by atoms with van der Waals surface area (Å²) in [6.45, 7) is 4.97. The minimum absolute atomic E-state index is 0.0815. The van der Waals surface area contributed by atoms with Gasteiger partial charge in [0.05, 0.1) is 5.41 Å². The first-order chi connectivity index (χ1) is 10.1. The van der Waals surface area contributed by atoms with Gasteiger partial charge in [0.15, 0.2) is 0 Å². The van der Waals surface area contributed by atoms with E-state index in [1.165, 1.54) is 6.07 Å². The van der Waals surface area contributed by atoms with E-state index in [1.54, 1.807) is 23.1 Å². The van der Waals surface area contributed by atoms with E-state index in [-0.39, 0.29) is 17.8 Å². The van der Waals surface area contributed by atoms with Crippen molar-refractivity contribution in [3.8, 4) is 0 Å². The van der Waals surface area contributed by atoms with Gasteiger partial charge in [0.25, 0.3) is 0 Å². The molecule has 0 radical (unpaired) electrons. The Labute approximate surface area is 123 Å². The van der Waals surface area contributed by atoms with E-state index >= 15 is 0 Å². The van der Waals surface area contributed by atoms with Gasteiger partial charge in [0.2, 0.25) is 5.91 Å². The van der Waals surface area contributed by atoms with E-state index in [1.807, 2.05) is 13.8 Å². The number of benzene rings is 1. The molecule has 1 fully saturated rings. The molecule has 0 aromatic heterocycles. The summed E-state index contributed by atoms with van der Waals surface area (Å²) in [6, 6.07) is 6.12.